The van der Waals surface area contributed by atoms with Crippen LogP contribution in [-0.2, 0) is 16.1 Å². The second kappa shape index (κ2) is 8.02. The summed E-state index contributed by atoms with van der Waals surface area (Å²) in [6.45, 7) is 4.20. The molecule has 0 saturated heterocycles. The lowest BCUT2D eigenvalue weighted by molar-refractivity contribution is -0.131. The van der Waals surface area contributed by atoms with Crippen molar-refractivity contribution in [1.82, 2.24) is 10.6 Å². The van der Waals surface area contributed by atoms with E-state index in [1.165, 1.54) is 5.56 Å². The van der Waals surface area contributed by atoms with Gasteiger partial charge in [-0.05, 0) is 38.3 Å². The van der Waals surface area contributed by atoms with Crippen molar-refractivity contribution in [2.45, 2.75) is 44.9 Å². The van der Waals surface area contributed by atoms with Gasteiger partial charge in [0.1, 0.15) is 6.10 Å². The highest BCUT2D eigenvalue weighted by Crippen LogP contribution is 2.18. The lowest BCUT2D eigenvalue weighted by Crippen LogP contribution is -2.36. The summed E-state index contributed by atoms with van der Waals surface area (Å²) in [6.07, 6.45) is 2.79. The Labute approximate surface area is 120 Å². The molecular formula is C16H24N2O2. The monoisotopic (exact) mass is 276 g/mol. The van der Waals surface area contributed by atoms with Crippen molar-refractivity contribution in [3.8, 4) is 0 Å². The maximum absolute atomic E-state index is 11.6. The van der Waals surface area contributed by atoms with Crippen LogP contribution in [0.4, 0.5) is 0 Å². The SMILES string of the molecule is CC(OCCCNCc1ccccc1)C(=O)NC1CC1. The largest absolute Gasteiger partial charge is 0.369 e. The van der Waals surface area contributed by atoms with E-state index in [0.29, 0.717) is 12.6 Å². The zero-order chi connectivity index (χ0) is 14.2. The first-order valence-electron chi connectivity index (χ1n) is 7.42. The molecule has 0 bridgehead atoms. The standard InChI is InChI=1S/C16H24N2O2/c1-13(16(19)18-15-8-9-15)20-11-5-10-17-12-14-6-3-2-4-7-14/h2-4,6-7,13,15,17H,5,8-12H2,1H3,(H,18,19). The van der Waals surface area contributed by atoms with Gasteiger partial charge in [0, 0.05) is 19.2 Å². The van der Waals surface area contributed by atoms with E-state index in [9.17, 15) is 4.79 Å². The Morgan fingerprint density at radius 3 is 2.80 bits per heavy atom. The van der Waals surface area contributed by atoms with Gasteiger partial charge in [-0.1, -0.05) is 30.3 Å². The molecule has 0 heterocycles. The fourth-order valence-electron chi connectivity index (χ4n) is 1.91. The number of hydrogen-bond acceptors (Lipinski definition) is 3. The van der Waals surface area contributed by atoms with Crippen LogP contribution in [0.1, 0.15) is 31.7 Å². The Balaban J connectivity index is 1.47. The van der Waals surface area contributed by atoms with Gasteiger partial charge in [-0.3, -0.25) is 4.79 Å². The number of nitrogens with one attached hydrogen (secondary N) is 2. The predicted octanol–water partition coefficient (Wildman–Crippen LogP) is 1.85. The number of ether oxygens (including phenoxy) is 1. The van der Waals surface area contributed by atoms with Gasteiger partial charge in [-0.2, -0.15) is 0 Å². The zero-order valence-corrected chi connectivity index (χ0v) is 12.1. The summed E-state index contributed by atoms with van der Waals surface area (Å²) in [6, 6.07) is 10.7. The van der Waals surface area contributed by atoms with Crippen molar-refractivity contribution in [3.63, 3.8) is 0 Å². The molecule has 0 aromatic heterocycles. The second-order valence-corrected chi connectivity index (χ2v) is 5.31. The minimum atomic E-state index is -0.343. The summed E-state index contributed by atoms with van der Waals surface area (Å²) in [4.78, 5) is 11.6. The Morgan fingerprint density at radius 1 is 1.35 bits per heavy atom. The maximum Gasteiger partial charge on any atom is 0.249 e. The third kappa shape index (κ3) is 5.72. The molecule has 20 heavy (non-hydrogen) atoms. The average Bonchev–Trinajstić information content (AvgIpc) is 3.27. The molecule has 1 atom stereocenters. The molecule has 1 aromatic carbocycles. The molecule has 2 rings (SSSR count). The van der Waals surface area contributed by atoms with Crippen molar-refractivity contribution in [2.75, 3.05) is 13.2 Å². The normalized spacial score (nSPS) is 15.8. The van der Waals surface area contributed by atoms with Crippen molar-refractivity contribution in [2.24, 2.45) is 0 Å². The Hall–Kier alpha value is -1.39. The lowest BCUT2D eigenvalue weighted by Gasteiger charge is -2.13. The van der Waals surface area contributed by atoms with Crippen LogP contribution in [0.25, 0.3) is 0 Å². The Morgan fingerprint density at radius 2 is 2.10 bits per heavy atom. The third-order valence-corrected chi connectivity index (χ3v) is 3.33. The molecule has 1 aromatic rings. The molecule has 1 aliphatic carbocycles. The van der Waals surface area contributed by atoms with Crippen LogP contribution in [0, 0.1) is 0 Å². The molecule has 4 heteroatoms. The van der Waals surface area contributed by atoms with E-state index in [1.807, 2.05) is 25.1 Å². The van der Waals surface area contributed by atoms with Gasteiger partial charge in [0.2, 0.25) is 5.91 Å². The first-order valence-corrected chi connectivity index (χ1v) is 7.42. The Bertz CT molecular complexity index is 404. The lowest BCUT2D eigenvalue weighted by atomic mass is 10.2. The molecule has 1 aliphatic rings. The fourth-order valence-corrected chi connectivity index (χ4v) is 1.91. The van der Waals surface area contributed by atoms with Crippen LogP contribution in [-0.4, -0.2) is 31.2 Å². The summed E-state index contributed by atoms with van der Waals surface area (Å²) in [7, 11) is 0. The van der Waals surface area contributed by atoms with Gasteiger partial charge in [0.25, 0.3) is 0 Å². The zero-order valence-electron chi connectivity index (χ0n) is 12.1. The first kappa shape index (κ1) is 15.0. The number of carbonyl (C=O) groups is 1. The van der Waals surface area contributed by atoms with E-state index in [-0.39, 0.29) is 12.0 Å². The molecule has 1 unspecified atom stereocenters. The molecule has 4 nitrogen and oxygen atoms in total. The van der Waals surface area contributed by atoms with E-state index < -0.39 is 0 Å². The van der Waals surface area contributed by atoms with Gasteiger partial charge >= 0.3 is 0 Å². The minimum Gasteiger partial charge on any atom is -0.369 e. The van der Waals surface area contributed by atoms with E-state index in [0.717, 1.165) is 32.4 Å². The molecule has 1 fully saturated rings. The molecule has 1 saturated carbocycles. The second-order valence-electron chi connectivity index (χ2n) is 5.31. The summed E-state index contributed by atoms with van der Waals surface area (Å²) in [5.74, 6) is 0.0183. The number of amides is 1. The van der Waals surface area contributed by atoms with Crippen LogP contribution in [0.3, 0.4) is 0 Å². The number of hydrogen-bond donors (Lipinski definition) is 2. The van der Waals surface area contributed by atoms with Crippen LogP contribution < -0.4 is 10.6 Å². The van der Waals surface area contributed by atoms with E-state index in [1.54, 1.807) is 0 Å². The summed E-state index contributed by atoms with van der Waals surface area (Å²) in [5.41, 5.74) is 1.28. The number of benzene rings is 1. The fraction of sp³-hybridized carbons (Fsp3) is 0.562. The third-order valence-electron chi connectivity index (χ3n) is 3.33. The van der Waals surface area contributed by atoms with Gasteiger partial charge in [0.15, 0.2) is 0 Å². The molecule has 1 amide bonds. The molecule has 0 spiro atoms. The van der Waals surface area contributed by atoms with Gasteiger partial charge in [-0.25, -0.2) is 0 Å². The first-order chi connectivity index (χ1) is 9.75. The highest BCUT2D eigenvalue weighted by atomic mass is 16.5. The maximum atomic E-state index is 11.6. The van der Waals surface area contributed by atoms with Gasteiger partial charge < -0.3 is 15.4 Å². The Kier molecular flexibility index (Phi) is 6.02. The van der Waals surface area contributed by atoms with Crippen molar-refractivity contribution >= 4 is 5.91 Å². The smallest absolute Gasteiger partial charge is 0.249 e. The van der Waals surface area contributed by atoms with E-state index in [2.05, 4.69) is 22.8 Å². The van der Waals surface area contributed by atoms with Crippen LogP contribution in [0.2, 0.25) is 0 Å². The van der Waals surface area contributed by atoms with Crippen LogP contribution in [0.5, 0.6) is 0 Å². The average molecular weight is 276 g/mol. The minimum absolute atomic E-state index is 0.0183. The quantitative estimate of drug-likeness (QED) is 0.677. The van der Waals surface area contributed by atoms with Gasteiger partial charge in [-0.15, -0.1) is 0 Å². The van der Waals surface area contributed by atoms with Crippen molar-refractivity contribution in [1.29, 1.82) is 0 Å². The summed E-state index contributed by atoms with van der Waals surface area (Å²) >= 11 is 0. The molecule has 110 valence electrons. The molecular weight excluding hydrogens is 252 g/mol. The van der Waals surface area contributed by atoms with Crippen molar-refractivity contribution < 1.29 is 9.53 Å². The highest BCUT2D eigenvalue weighted by Gasteiger charge is 2.25. The number of rotatable bonds is 9. The van der Waals surface area contributed by atoms with E-state index >= 15 is 0 Å². The number of carbonyl (C=O) groups excluding carboxylic acids is 1. The molecule has 0 aliphatic heterocycles. The summed E-state index contributed by atoms with van der Waals surface area (Å²) < 4.78 is 5.53. The summed E-state index contributed by atoms with van der Waals surface area (Å²) in [5, 5.41) is 6.31. The topological polar surface area (TPSA) is 50.4 Å². The van der Waals surface area contributed by atoms with Crippen LogP contribution >= 0.6 is 0 Å². The van der Waals surface area contributed by atoms with Crippen molar-refractivity contribution in [3.05, 3.63) is 35.9 Å². The van der Waals surface area contributed by atoms with Gasteiger partial charge in [0.05, 0.1) is 0 Å². The van der Waals surface area contributed by atoms with E-state index in [4.69, 9.17) is 4.74 Å². The molecule has 2 N–H and O–H groups in total. The predicted molar refractivity (Wildman–Crippen MR) is 79.3 cm³/mol. The highest BCUT2D eigenvalue weighted by molar-refractivity contribution is 5.80. The van der Waals surface area contributed by atoms with Crippen LogP contribution in [0.15, 0.2) is 30.3 Å². The molecule has 0 radical (unpaired) electrons.